The molecule has 1 fully saturated rings. The minimum Gasteiger partial charge on any atom is -0.491 e. The van der Waals surface area contributed by atoms with Crippen LogP contribution in [0.4, 0.5) is 4.79 Å². The van der Waals surface area contributed by atoms with Gasteiger partial charge in [-0.15, -0.1) is 0 Å². The Morgan fingerprint density at radius 3 is 2.81 bits per heavy atom. The number of hydrogen-bond donors (Lipinski definition) is 0. The number of ether oxygens (including phenoxy) is 2. The van der Waals surface area contributed by atoms with Gasteiger partial charge in [0.25, 0.3) is 0 Å². The molecule has 2 atom stereocenters. The fraction of sp³-hybridized carbons (Fsp3) is 0.667. The van der Waals surface area contributed by atoms with Crippen molar-refractivity contribution in [2.75, 3.05) is 32.8 Å². The third-order valence-corrected chi connectivity index (χ3v) is 5.23. The van der Waals surface area contributed by atoms with Gasteiger partial charge in [0, 0.05) is 19.1 Å². The largest absolute Gasteiger partial charge is 0.491 e. The minimum atomic E-state index is -0.252. The summed E-state index contributed by atoms with van der Waals surface area (Å²) in [6.45, 7) is 11.7. The lowest BCUT2D eigenvalue weighted by Gasteiger charge is -2.33. The predicted molar refractivity (Wildman–Crippen MR) is 105 cm³/mol. The van der Waals surface area contributed by atoms with Crippen LogP contribution in [0.1, 0.15) is 45.6 Å². The lowest BCUT2D eigenvalue weighted by molar-refractivity contribution is 0.0613. The maximum atomic E-state index is 12.4. The number of rotatable bonds is 8. The highest BCUT2D eigenvalue weighted by Crippen LogP contribution is 2.18. The van der Waals surface area contributed by atoms with Crippen molar-refractivity contribution in [1.82, 2.24) is 9.80 Å². The maximum absolute atomic E-state index is 12.4. The second-order valence-electron chi connectivity index (χ2n) is 7.21. The third kappa shape index (κ3) is 5.90. The average molecular weight is 363 g/mol. The molecule has 1 aromatic carbocycles. The number of likely N-dealkylation sites (N-methyl/N-ethyl adjacent to an activating group) is 1. The SMILES string of the molecule is CCN(C(=O)OCCN1CCCCC1C)C(C)COc1ccccc1C. The van der Waals surface area contributed by atoms with E-state index in [-0.39, 0.29) is 12.1 Å². The van der Waals surface area contributed by atoms with E-state index in [1.54, 1.807) is 4.90 Å². The standard InChI is InChI=1S/C21H34N2O3/c1-5-23(19(4)16-26-20-12-7-6-10-17(20)2)21(24)25-15-14-22-13-9-8-11-18(22)3/h6-7,10,12,18-19H,5,8-9,11,13-16H2,1-4H3. The van der Waals surface area contributed by atoms with Crippen molar-refractivity contribution in [3.63, 3.8) is 0 Å². The number of carbonyl (C=O) groups is 1. The summed E-state index contributed by atoms with van der Waals surface area (Å²) in [6, 6.07) is 8.47. The van der Waals surface area contributed by atoms with Crippen molar-refractivity contribution in [2.45, 2.75) is 59.0 Å². The molecule has 1 aromatic rings. The highest BCUT2D eigenvalue weighted by Gasteiger charge is 2.22. The monoisotopic (exact) mass is 362 g/mol. The fourth-order valence-corrected chi connectivity index (χ4v) is 3.46. The number of hydrogen-bond acceptors (Lipinski definition) is 4. The van der Waals surface area contributed by atoms with Crippen LogP contribution in [-0.2, 0) is 4.74 Å². The number of para-hydroxylation sites is 1. The summed E-state index contributed by atoms with van der Waals surface area (Å²) < 4.78 is 11.4. The lowest BCUT2D eigenvalue weighted by Crippen LogP contribution is -2.44. The Bertz CT molecular complexity index is 564. The Labute approximate surface area is 158 Å². The Morgan fingerprint density at radius 1 is 1.35 bits per heavy atom. The van der Waals surface area contributed by atoms with Crippen LogP contribution in [0.25, 0.3) is 0 Å². The molecule has 1 amide bonds. The molecule has 5 nitrogen and oxygen atoms in total. The van der Waals surface area contributed by atoms with E-state index in [1.165, 1.54) is 19.3 Å². The van der Waals surface area contributed by atoms with E-state index in [2.05, 4.69) is 11.8 Å². The summed E-state index contributed by atoms with van der Waals surface area (Å²) in [4.78, 5) is 16.6. The first kappa shape index (κ1) is 20.6. The van der Waals surface area contributed by atoms with E-state index >= 15 is 0 Å². The number of likely N-dealkylation sites (tertiary alicyclic amines) is 1. The van der Waals surface area contributed by atoms with E-state index in [4.69, 9.17) is 9.47 Å². The second kappa shape index (κ2) is 10.4. The Kier molecular flexibility index (Phi) is 8.23. The fourth-order valence-electron chi connectivity index (χ4n) is 3.46. The zero-order valence-electron chi connectivity index (χ0n) is 16.7. The number of nitrogens with zero attached hydrogens (tertiary/aromatic N) is 2. The van der Waals surface area contributed by atoms with Crippen LogP contribution in [0.15, 0.2) is 24.3 Å². The number of benzene rings is 1. The lowest BCUT2D eigenvalue weighted by atomic mass is 10.0. The van der Waals surface area contributed by atoms with E-state index in [0.29, 0.717) is 25.8 Å². The van der Waals surface area contributed by atoms with Gasteiger partial charge in [-0.3, -0.25) is 4.90 Å². The summed E-state index contributed by atoms with van der Waals surface area (Å²) in [5.74, 6) is 0.864. The maximum Gasteiger partial charge on any atom is 0.410 e. The van der Waals surface area contributed by atoms with Gasteiger partial charge >= 0.3 is 6.09 Å². The van der Waals surface area contributed by atoms with Crippen LogP contribution in [-0.4, -0.2) is 60.8 Å². The molecule has 1 heterocycles. The molecular formula is C21H34N2O3. The van der Waals surface area contributed by atoms with Crippen molar-refractivity contribution in [3.05, 3.63) is 29.8 Å². The average Bonchev–Trinajstić information content (AvgIpc) is 2.63. The summed E-state index contributed by atoms with van der Waals surface area (Å²) in [7, 11) is 0. The van der Waals surface area contributed by atoms with Gasteiger partial charge in [0.15, 0.2) is 0 Å². The van der Waals surface area contributed by atoms with Gasteiger partial charge in [0.1, 0.15) is 19.0 Å². The first-order valence-electron chi connectivity index (χ1n) is 9.88. The zero-order valence-corrected chi connectivity index (χ0v) is 16.7. The molecule has 0 aliphatic carbocycles. The highest BCUT2D eigenvalue weighted by atomic mass is 16.6. The smallest absolute Gasteiger partial charge is 0.410 e. The number of amides is 1. The van der Waals surface area contributed by atoms with Crippen molar-refractivity contribution in [3.8, 4) is 5.75 Å². The van der Waals surface area contributed by atoms with E-state index in [1.807, 2.05) is 45.0 Å². The van der Waals surface area contributed by atoms with Crippen LogP contribution in [0.5, 0.6) is 5.75 Å². The van der Waals surface area contributed by atoms with Crippen LogP contribution < -0.4 is 4.74 Å². The molecule has 146 valence electrons. The predicted octanol–water partition coefficient (Wildman–Crippen LogP) is 4.10. The van der Waals surface area contributed by atoms with Crippen LogP contribution in [0.3, 0.4) is 0 Å². The van der Waals surface area contributed by atoms with E-state index in [0.717, 1.165) is 24.4 Å². The second-order valence-corrected chi connectivity index (χ2v) is 7.21. The molecule has 1 saturated heterocycles. The van der Waals surface area contributed by atoms with Gasteiger partial charge < -0.3 is 14.4 Å². The van der Waals surface area contributed by atoms with Crippen molar-refractivity contribution < 1.29 is 14.3 Å². The van der Waals surface area contributed by atoms with Gasteiger partial charge in [-0.05, 0) is 58.7 Å². The van der Waals surface area contributed by atoms with Crippen molar-refractivity contribution >= 4 is 6.09 Å². The number of aryl methyl sites for hydroxylation is 1. The third-order valence-electron chi connectivity index (χ3n) is 5.23. The van der Waals surface area contributed by atoms with Gasteiger partial charge in [-0.25, -0.2) is 4.79 Å². The Morgan fingerprint density at radius 2 is 2.12 bits per heavy atom. The first-order chi connectivity index (χ1) is 12.5. The number of piperidine rings is 1. The molecule has 0 radical (unpaired) electrons. The molecule has 2 rings (SSSR count). The van der Waals surface area contributed by atoms with Gasteiger partial charge in [-0.2, -0.15) is 0 Å². The van der Waals surface area contributed by atoms with Crippen LogP contribution >= 0.6 is 0 Å². The van der Waals surface area contributed by atoms with Crippen molar-refractivity contribution in [1.29, 1.82) is 0 Å². The molecule has 0 aromatic heterocycles. The number of carbonyl (C=O) groups excluding carboxylic acids is 1. The van der Waals surface area contributed by atoms with Crippen LogP contribution in [0.2, 0.25) is 0 Å². The first-order valence-corrected chi connectivity index (χ1v) is 9.88. The molecule has 0 saturated carbocycles. The molecular weight excluding hydrogens is 328 g/mol. The van der Waals surface area contributed by atoms with E-state index in [9.17, 15) is 4.79 Å². The van der Waals surface area contributed by atoms with Gasteiger partial charge in [-0.1, -0.05) is 24.6 Å². The Balaban J connectivity index is 1.76. The van der Waals surface area contributed by atoms with Gasteiger partial charge in [0.2, 0.25) is 0 Å². The van der Waals surface area contributed by atoms with Crippen LogP contribution in [0, 0.1) is 6.92 Å². The van der Waals surface area contributed by atoms with Gasteiger partial charge in [0.05, 0.1) is 6.04 Å². The van der Waals surface area contributed by atoms with E-state index < -0.39 is 0 Å². The minimum absolute atomic E-state index is 0.0407. The molecule has 0 bridgehead atoms. The topological polar surface area (TPSA) is 42.0 Å². The zero-order chi connectivity index (χ0) is 18.9. The van der Waals surface area contributed by atoms with Crippen molar-refractivity contribution in [2.24, 2.45) is 0 Å². The normalized spacial score (nSPS) is 19.0. The molecule has 2 unspecified atom stereocenters. The molecule has 0 spiro atoms. The summed E-state index contributed by atoms with van der Waals surface area (Å²) in [6.07, 6.45) is 3.53. The molecule has 1 aliphatic heterocycles. The molecule has 0 N–H and O–H groups in total. The summed E-state index contributed by atoms with van der Waals surface area (Å²) in [5, 5.41) is 0. The molecule has 1 aliphatic rings. The Hall–Kier alpha value is -1.75. The molecule has 26 heavy (non-hydrogen) atoms. The highest BCUT2D eigenvalue weighted by molar-refractivity contribution is 5.68. The molecule has 5 heteroatoms. The quantitative estimate of drug-likeness (QED) is 0.698. The summed E-state index contributed by atoms with van der Waals surface area (Å²) >= 11 is 0. The summed E-state index contributed by atoms with van der Waals surface area (Å²) in [5.41, 5.74) is 1.10.